The molecule has 1 amide bonds. The van der Waals surface area contributed by atoms with Crippen LogP contribution in [0.3, 0.4) is 0 Å². The van der Waals surface area contributed by atoms with Gasteiger partial charge in [-0.2, -0.15) is 4.31 Å². The number of sulfonamides is 1. The summed E-state index contributed by atoms with van der Waals surface area (Å²) in [6, 6.07) is 13.0. The minimum atomic E-state index is -3.53. The van der Waals surface area contributed by atoms with E-state index in [2.05, 4.69) is 5.32 Å². The van der Waals surface area contributed by atoms with Gasteiger partial charge < -0.3 is 5.32 Å². The first-order chi connectivity index (χ1) is 12.6. The molecule has 2 aromatic carbocycles. The second kappa shape index (κ2) is 7.58. The largest absolute Gasteiger partial charge is 0.350 e. The highest BCUT2D eigenvalue weighted by Gasteiger charge is 2.29. The van der Waals surface area contributed by atoms with Gasteiger partial charge in [0.1, 0.15) is 0 Å². The Morgan fingerprint density at radius 2 is 1.63 bits per heavy atom. The first-order valence-corrected chi connectivity index (χ1v) is 10.6. The number of benzene rings is 2. The Morgan fingerprint density at radius 3 is 2.26 bits per heavy atom. The number of amides is 1. The van der Waals surface area contributed by atoms with Gasteiger partial charge in [-0.1, -0.05) is 30.3 Å². The van der Waals surface area contributed by atoms with Crippen LogP contribution in [-0.4, -0.2) is 61.8 Å². The van der Waals surface area contributed by atoms with Crippen molar-refractivity contribution in [1.29, 1.82) is 0 Å². The minimum absolute atomic E-state index is 0.0339. The highest BCUT2D eigenvalue weighted by molar-refractivity contribution is 7.89. The Labute approximate surface area is 161 Å². The molecule has 1 N–H and O–H groups in total. The molecule has 6 nitrogen and oxygen atoms in total. The molecule has 1 fully saturated rings. The van der Waals surface area contributed by atoms with Crippen LogP contribution >= 0.6 is 0 Å². The number of nitrogens with zero attached hydrogens (tertiary/aromatic N) is 2. The van der Waals surface area contributed by atoms with Gasteiger partial charge in [0.05, 0.1) is 11.4 Å². The molecule has 0 atom stereocenters. The first-order valence-electron chi connectivity index (χ1n) is 9.17. The maximum absolute atomic E-state index is 13.0. The Bertz CT molecular complexity index is 927. The van der Waals surface area contributed by atoms with Crippen LogP contribution in [0.2, 0.25) is 0 Å². The molecule has 2 aromatic rings. The van der Waals surface area contributed by atoms with Crippen molar-refractivity contribution in [3.05, 3.63) is 42.5 Å². The van der Waals surface area contributed by atoms with Crippen LogP contribution in [0.25, 0.3) is 10.8 Å². The van der Waals surface area contributed by atoms with E-state index < -0.39 is 10.0 Å². The summed E-state index contributed by atoms with van der Waals surface area (Å²) in [5.41, 5.74) is -0.266. The third kappa shape index (κ3) is 4.86. The Hall–Kier alpha value is -1.96. The second-order valence-corrected chi connectivity index (χ2v) is 9.93. The van der Waals surface area contributed by atoms with E-state index in [0.29, 0.717) is 37.6 Å². The molecule has 3 rings (SSSR count). The van der Waals surface area contributed by atoms with Gasteiger partial charge in [-0.3, -0.25) is 9.69 Å². The lowest BCUT2D eigenvalue weighted by Crippen LogP contribution is -2.52. The van der Waals surface area contributed by atoms with E-state index >= 15 is 0 Å². The van der Waals surface area contributed by atoms with Gasteiger partial charge in [0.25, 0.3) is 0 Å². The van der Waals surface area contributed by atoms with Gasteiger partial charge in [0.15, 0.2) is 0 Å². The van der Waals surface area contributed by atoms with E-state index in [1.54, 1.807) is 12.1 Å². The zero-order chi connectivity index (χ0) is 19.7. The summed E-state index contributed by atoms with van der Waals surface area (Å²) in [6.45, 7) is 7.99. The average Bonchev–Trinajstić information content (AvgIpc) is 2.60. The fourth-order valence-corrected chi connectivity index (χ4v) is 4.72. The zero-order valence-electron chi connectivity index (χ0n) is 16.1. The van der Waals surface area contributed by atoms with Crippen molar-refractivity contribution in [2.75, 3.05) is 32.7 Å². The number of carbonyl (C=O) groups is 1. The van der Waals surface area contributed by atoms with Crippen LogP contribution in [0, 0.1) is 0 Å². The summed E-state index contributed by atoms with van der Waals surface area (Å²) >= 11 is 0. The van der Waals surface area contributed by atoms with Crippen molar-refractivity contribution in [3.8, 4) is 0 Å². The third-order valence-electron chi connectivity index (χ3n) is 4.57. The summed E-state index contributed by atoms with van der Waals surface area (Å²) in [6.07, 6.45) is 0. The molecular formula is C20H27N3O3S. The van der Waals surface area contributed by atoms with Crippen LogP contribution in [0.5, 0.6) is 0 Å². The number of piperazine rings is 1. The molecule has 0 aliphatic carbocycles. The summed E-state index contributed by atoms with van der Waals surface area (Å²) < 4.78 is 27.5. The zero-order valence-corrected chi connectivity index (χ0v) is 16.9. The SMILES string of the molecule is CC(C)(C)NC(=O)CN1CCN(S(=O)(=O)c2ccc3ccccc3c2)CC1. The lowest BCUT2D eigenvalue weighted by Gasteiger charge is -2.34. The van der Waals surface area contributed by atoms with E-state index in [0.717, 1.165) is 10.8 Å². The first kappa shape index (κ1) is 19.8. The number of rotatable bonds is 4. The molecule has 27 heavy (non-hydrogen) atoms. The van der Waals surface area contributed by atoms with Crippen molar-refractivity contribution in [1.82, 2.24) is 14.5 Å². The molecule has 0 aromatic heterocycles. The second-order valence-electron chi connectivity index (χ2n) is 7.99. The van der Waals surface area contributed by atoms with Crippen molar-refractivity contribution in [3.63, 3.8) is 0 Å². The Kier molecular flexibility index (Phi) is 5.55. The predicted molar refractivity (Wildman–Crippen MR) is 107 cm³/mol. The molecule has 0 spiro atoms. The Balaban J connectivity index is 1.64. The summed E-state index contributed by atoms with van der Waals surface area (Å²) in [5, 5.41) is 4.87. The molecule has 1 heterocycles. The quantitative estimate of drug-likeness (QED) is 0.869. The molecule has 0 unspecified atom stereocenters. The van der Waals surface area contributed by atoms with Gasteiger partial charge >= 0.3 is 0 Å². The van der Waals surface area contributed by atoms with Crippen LogP contribution in [-0.2, 0) is 14.8 Å². The van der Waals surface area contributed by atoms with Crippen molar-refractivity contribution in [2.45, 2.75) is 31.2 Å². The standard InChI is InChI=1S/C20H27N3O3S/c1-20(2,3)21-19(24)15-22-10-12-23(13-11-22)27(25,26)18-9-8-16-6-4-5-7-17(16)14-18/h4-9,14H,10-13,15H2,1-3H3,(H,21,24). The van der Waals surface area contributed by atoms with Crippen molar-refractivity contribution < 1.29 is 13.2 Å². The van der Waals surface area contributed by atoms with Gasteiger partial charge in [0, 0.05) is 31.7 Å². The molecule has 1 aliphatic heterocycles. The predicted octanol–water partition coefficient (Wildman–Crippen LogP) is 2.06. The van der Waals surface area contributed by atoms with E-state index in [4.69, 9.17) is 0 Å². The van der Waals surface area contributed by atoms with Gasteiger partial charge in [0.2, 0.25) is 15.9 Å². The molecule has 7 heteroatoms. The number of hydrogen-bond acceptors (Lipinski definition) is 4. The average molecular weight is 390 g/mol. The van der Waals surface area contributed by atoms with E-state index in [1.807, 2.05) is 56.0 Å². The minimum Gasteiger partial charge on any atom is -0.350 e. The van der Waals surface area contributed by atoms with Crippen molar-refractivity contribution >= 4 is 26.7 Å². The smallest absolute Gasteiger partial charge is 0.243 e. The van der Waals surface area contributed by atoms with Crippen LogP contribution in [0.15, 0.2) is 47.4 Å². The number of hydrogen-bond donors (Lipinski definition) is 1. The van der Waals surface area contributed by atoms with Gasteiger partial charge in [-0.05, 0) is 43.7 Å². The molecule has 0 saturated carbocycles. The summed E-state index contributed by atoms with van der Waals surface area (Å²) in [5.74, 6) is -0.0339. The highest BCUT2D eigenvalue weighted by atomic mass is 32.2. The van der Waals surface area contributed by atoms with Crippen LogP contribution < -0.4 is 5.32 Å². The maximum atomic E-state index is 13.0. The molecule has 0 radical (unpaired) electrons. The maximum Gasteiger partial charge on any atom is 0.243 e. The fourth-order valence-electron chi connectivity index (χ4n) is 3.27. The lowest BCUT2D eigenvalue weighted by molar-refractivity contribution is -0.123. The molecule has 1 aliphatic rings. The lowest BCUT2D eigenvalue weighted by atomic mass is 10.1. The van der Waals surface area contributed by atoms with E-state index in [9.17, 15) is 13.2 Å². The monoisotopic (exact) mass is 389 g/mol. The molecule has 146 valence electrons. The summed E-state index contributed by atoms with van der Waals surface area (Å²) in [4.78, 5) is 14.4. The number of carbonyl (C=O) groups excluding carboxylic acids is 1. The molecule has 0 bridgehead atoms. The normalized spacial score (nSPS) is 17.1. The van der Waals surface area contributed by atoms with Gasteiger partial charge in [-0.25, -0.2) is 8.42 Å². The van der Waals surface area contributed by atoms with E-state index in [-0.39, 0.29) is 11.4 Å². The summed E-state index contributed by atoms with van der Waals surface area (Å²) in [7, 11) is -3.53. The van der Waals surface area contributed by atoms with E-state index in [1.165, 1.54) is 4.31 Å². The fraction of sp³-hybridized carbons (Fsp3) is 0.450. The Morgan fingerprint density at radius 1 is 1.00 bits per heavy atom. The highest BCUT2D eigenvalue weighted by Crippen LogP contribution is 2.22. The van der Waals surface area contributed by atoms with Crippen LogP contribution in [0.4, 0.5) is 0 Å². The molecule has 1 saturated heterocycles. The number of fused-ring (bicyclic) bond motifs is 1. The van der Waals surface area contributed by atoms with Gasteiger partial charge in [-0.15, -0.1) is 0 Å². The number of nitrogens with one attached hydrogen (secondary N) is 1. The van der Waals surface area contributed by atoms with Crippen molar-refractivity contribution in [2.24, 2.45) is 0 Å². The third-order valence-corrected chi connectivity index (χ3v) is 6.47. The van der Waals surface area contributed by atoms with Crippen LogP contribution in [0.1, 0.15) is 20.8 Å². The topological polar surface area (TPSA) is 69.7 Å². The molecular weight excluding hydrogens is 362 g/mol.